The van der Waals surface area contributed by atoms with Gasteiger partial charge in [0.1, 0.15) is 11.5 Å². The highest BCUT2D eigenvalue weighted by Crippen LogP contribution is 2.32. The highest BCUT2D eigenvalue weighted by atomic mass is 19.4. The molecular weight excluding hydrogens is 453 g/mol. The van der Waals surface area contributed by atoms with Gasteiger partial charge in [0.2, 0.25) is 11.7 Å². The summed E-state index contributed by atoms with van der Waals surface area (Å²) in [5.41, 5.74) is -1.25. The number of hydrogen-bond donors (Lipinski definition) is 0. The van der Waals surface area contributed by atoms with Gasteiger partial charge in [0, 0.05) is 26.2 Å². The van der Waals surface area contributed by atoms with Crippen molar-refractivity contribution in [2.75, 3.05) is 33.3 Å². The van der Waals surface area contributed by atoms with Gasteiger partial charge < -0.3 is 18.9 Å². The highest BCUT2D eigenvalue weighted by molar-refractivity contribution is 5.96. The molecule has 0 bridgehead atoms. The summed E-state index contributed by atoms with van der Waals surface area (Å²) in [5.74, 6) is 1.53. The van der Waals surface area contributed by atoms with Crippen LogP contribution in [0.3, 0.4) is 0 Å². The Morgan fingerprint density at radius 1 is 1.03 bits per heavy atom. The maximum Gasteiger partial charge on any atom is 0.417 e. The minimum Gasteiger partial charge on any atom is -0.497 e. The van der Waals surface area contributed by atoms with E-state index < -0.39 is 17.6 Å². The van der Waals surface area contributed by atoms with Gasteiger partial charge in [-0.1, -0.05) is 17.3 Å². The smallest absolute Gasteiger partial charge is 0.417 e. The van der Waals surface area contributed by atoms with E-state index in [4.69, 9.17) is 14.0 Å². The monoisotopic (exact) mass is 476 g/mol. The minimum absolute atomic E-state index is 0.136. The van der Waals surface area contributed by atoms with E-state index in [9.17, 15) is 18.0 Å². The van der Waals surface area contributed by atoms with Crippen LogP contribution in [0.5, 0.6) is 11.5 Å². The summed E-state index contributed by atoms with van der Waals surface area (Å²) in [7, 11) is 1.58. The molecule has 1 amide bonds. The van der Waals surface area contributed by atoms with Crippen LogP contribution in [0.1, 0.15) is 27.6 Å². The van der Waals surface area contributed by atoms with Crippen LogP contribution in [0.4, 0.5) is 13.2 Å². The van der Waals surface area contributed by atoms with Gasteiger partial charge in [0.15, 0.2) is 6.61 Å². The maximum absolute atomic E-state index is 13.2. The normalized spacial score (nSPS) is 14.8. The summed E-state index contributed by atoms with van der Waals surface area (Å²) in [5, 5.41) is 3.91. The van der Waals surface area contributed by atoms with Crippen molar-refractivity contribution in [3.05, 3.63) is 71.4 Å². The number of amides is 1. The number of piperazine rings is 1. The van der Waals surface area contributed by atoms with Crippen LogP contribution >= 0.6 is 0 Å². The SMILES string of the molecule is COc1ccc(OCc2noc(CN3CCN(C(=O)c4ccccc4C(F)(F)F)CC3)n2)cc1. The van der Waals surface area contributed by atoms with Crippen LogP contribution < -0.4 is 9.47 Å². The quantitative estimate of drug-likeness (QED) is 0.515. The molecule has 0 unspecified atom stereocenters. The molecule has 3 aromatic rings. The number of rotatable bonds is 7. The molecule has 1 fully saturated rings. The molecule has 4 rings (SSSR count). The Kier molecular flexibility index (Phi) is 7.01. The summed E-state index contributed by atoms with van der Waals surface area (Å²) < 4.78 is 55.8. The number of alkyl halides is 3. The molecular formula is C23H23F3N4O4. The predicted molar refractivity (Wildman–Crippen MR) is 114 cm³/mol. The molecule has 0 N–H and O–H groups in total. The lowest BCUT2D eigenvalue weighted by molar-refractivity contribution is -0.138. The Balaban J connectivity index is 1.28. The first-order chi connectivity index (χ1) is 16.3. The number of ether oxygens (including phenoxy) is 2. The van der Waals surface area contributed by atoms with Crippen molar-refractivity contribution in [2.24, 2.45) is 0 Å². The molecule has 2 aromatic carbocycles. The van der Waals surface area contributed by atoms with E-state index in [1.807, 2.05) is 4.90 Å². The summed E-state index contributed by atoms with van der Waals surface area (Å²) in [6.07, 6.45) is -4.58. The molecule has 0 atom stereocenters. The van der Waals surface area contributed by atoms with E-state index in [0.717, 1.165) is 11.8 Å². The largest absolute Gasteiger partial charge is 0.497 e. The van der Waals surface area contributed by atoms with Gasteiger partial charge in [-0.3, -0.25) is 9.69 Å². The third-order valence-corrected chi connectivity index (χ3v) is 5.42. The minimum atomic E-state index is -4.58. The number of halogens is 3. The van der Waals surface area contributed by atoms with E-state index in [1.54, 1.807) is 31.4 Å². The van der Waals surface area contributed by atoms with Crippen LogP contribution in [0.2, 0.25) is 0 Å². The van der Waals surface area contributed by atoms with Gasteiger partial charge in [-0.2, -0.15) is 18.2 Å². The molecule has 0 radical (unpaired) electrons. The predicted octanol–water partition coefficient (Wildman–Crippen LogP) is 3.63. The van der Waals surface area contributed by atoms with E-state index in [2.05, 4.69) is 10.1 Å². The van der Waals surface area contributed by atoms with Crippen molar-refractivity contribution in [2.45, 2.75) is 19.3 Å². The second-order valence-corrected chi connectivity index (χ2v) is 7.68. The van der Waals surface area contributed by atoms with Gasteiger partial charge in [-0.15, -0.1) is 0 Å². The van der Waals surface area contributed by atoms with Gasteiger partial charge in [-0.25, -0.2) is 0 Å². The first-order valence-electron chi connectivity index (χ1n) is 10.6. The van der Waals surface area contributed by atoms with Crippen LogP contribution in [-0.4, -0.2) is 59.1 Å². The number of benzene rings is 2. The standard InChI is InChI=1S/C23H23F3N4O4/c1-32-16-6-8-17(9-7-16)33-15-20-27-21(34-28-20)14-29-10-12-30(13-11-29)22(31)18-4-2-3-5-19(18)23(24,25)26/h2-9H,10-15H2,1H3. The maximum atomic E-state index is 13.2. The fourth-order valence-electron chi connectivity index (χ4n) is 3.62. The lowest BCUT2D eigenvalue weighted by atomic mass is 10.1. The second kappa shape index (κ2) is 10.1. The highest BCUT2D eigenvalue weighted by Gasteiger charge is 2.36. The molecule has 0 spiro atoms. The molecule has 1 aliphatic rings. The topological polar surface area (TPSA) is 80.9 Å². The van der Waals surface area contributed by atoms with Crippen LogP contribution in [0.15, 0.2) is 53.1 Å². The number of carbonyl (C=O) groups is 1. The molecule has 0 saturated carbocycles. The molecule has 8 nitrogen and oxygen atoms in total. The third kappa shape index (κ3) is 5.66. The van der Waals surface area contributed by atoms with E-state index in [1.165, 1.54) is 23.1 Å². The fraction of sp³-hybridized carbons (Fsp3) is 0.348. The summed E-state index contributed by atoms with van der Waals surface area (Å²) >= 11 is 0. The van der Waals surface area contributed by atoms with Crippen LogP contribution in [0.25, 0.3) is 0 Å². The molecule has 11 heteroatoms. The first-order valence-corrected chi connectivity index (χ1v) is 10.6. The lowest BCUT2D eigenvalue weighted by Crippen LogP contribution is -2.48. The van der Waals surface area contributed by atoms with Crippen molar-refractivity contribution < 1.29 is 32.0 Å². The van der Waals surface area contributed by atoms with Crippen molar-refractivity contribution in [3.63, 3.8) is 0 Å². The van der Waals surface area contributed by atoms with Crippen molar-refractivity contribution in [1.82, 2.24) is 19.9 Å². The number of aromatic nitrogens is 2. The average molecular weight is 476 g/mol. The zero-order chi connectivity index (χ0) is 24.1. The Labute approximate surface area is 193 Å². The van der Waals surface area contributed by atoms with Crippen LogP contribution in [-0.2, 0) is 19.3 Å². The molecule has 1 aromatic heterocycles. The zero-order valence-corrected chi connectivity index (χ0v) is 18.4. The average Bonchev–Trinajstić information content (AvgIpc) is 3.30. The fourth-order valence-corrected chi connectivity index (χ4v) is 3.62. The Morgan fingerprint density at radius 3 is 2.38 bits per heavy atom. The summed E-state index contributed by atoms with van der Waals surface area (Å²) in [6, 6.07) is 12.0. The van der Waals surface area contributed by atoms with Gasteiger partial charge in [-0.05, 0) is 36.4 Å². The molecule has 2 heterocycles. The van der Waals surface area contributed by atoms with Gasteiger partial charge in [0.25, 0.3) is 5.91 Å². The Bertz CT molecular complexity index is 1110. The number of nitrogens with zero attached hydrogens (tertiary/aromatic N) is 4. The van der Waals surface area contributed by atoms with Crippen molar-refractivity contribution in [1.29, 1.82) is 0 Å². The first kappa shape index (κ1) is 23.6. The van der Waals surface area contributed by atoms with Crippen molar-refractivity contribution in [3.8, 4) is 11.5 Å². The Morgan fingerprint density at radius 2 is 1.71 bits per heavy atom. The lowest BCUT2D eigenvalue weighted by Gasteiger charge is -2.34. The van der Waals surface area contributed by atoms with E-state index >= 15 is 0 Å². The van der Waals surface area contributed by atoms with E-state index in [-0.39, 0.29) is 12.2 Å². The second-order valence-electron chi connectivity index (χ2n) is 7.68. The molecule has 0 aliphatic carbocycles. The van der Waals surface area contributed by atoms with Crippen molar-refractivity contribution >= 4 is 5.91 Å². The van der Waals surface area contributed by atoms with E-state index in [0.29, 0.717) is 50.2 Å². The molecule has 1 aliphatic heterocycles. The molecule has 1 saturated heterocycles. The van der Waals surface area contributed by atoms with Crippen LogP contribution in [0, 0.1) is 0 Å². The van der Waals surface area contributed by atoms with Gasteiger partial charge >= 0.3 is 6.18 Å². The zero-order valence-electron chi connectivity index (χ0n) is 18.4. The third-order valence-electron chi connectivity index (χ3n) is 5.42. The summed E-state index contributed by atoms with van der Waals surface area (Å²) in [4.78, 5) is 20.5. The number of carbonyl (C=O) groups excluding carboxylic acids is 1. The van der Waals surface area contributed by atoms with Gasteiger partial charge in [0.05, 0.1) is 24.8 Å². The number of hydrogen-bond acceptors (Lipinski definition) is 7. The number of methoxy groups -OCH3 is 1. The summed E-state index contributed by atoms with van der Waals surface area (Å²) in [6.45, 7) is 2.05. The molecule has 180 valence electrons. The Hall–Kier alpha value is -3.60. The molecule has 34 heavy (non-hydrogen) atoms.